The predicted molar refractivity (Wildman–Crippen MR) is 96.3 cm³/mol. The summed E-state index contributed by atoms with van der Waals surface area (Å²) in [5.74, 6) is -0.895. The average molecular weight is 393 g/mol. The maximum absolute atomic E-state index is 13.9. The lowest BCUT2D eigenvalue weighted by Crippen LogP contribution is -2.26. The second-order valence-electron chi connectivity index (χ2n) is 6.20. The number of hydrogen-bond acceptors (Lipinski definition) is 4. The Balaban J connectivity index is 1.83. The van der Waals surface area contributed by atoms with Crippen LogP contribution in [0, 0.1) is 12.7 Å². The van der Waals surface area contributed by atoms with Crippen LogP contribution in [0.4, 0.5) is 13.2 Å². The minimum absolute atomic E-state index is 0.0342. The van der Waals surface area contributed by atoms with E-state index >= 15 is 0 Å². The number of fused-ring (bicyclic) bond motifs is 1. The van der Waals surface area contributed by atoms with Crippen molar-refractivity contribution in [3.8, 4) is 11.5 Å². The molecule has 1 amide bonds. The number of hydrogen-bond donors (Lipinski definition) is 0. The number of nitrogens with zero attached hydrogens (tertiary/aromatic N) is 1. The lowest BCUT2D eigenvalue weighted by atomic mass is 10.1. The normalized spacial score (nSPS) is 11.1. The largest absolute Gasteiger partial charge is 0.493 e. The van der Waals surface area contributed by atoms with E-state index in [-0.39, 0.29) is 29.4 Å². The average Bonchev–Trinajstić information content (AvgIpc) is 3.00. The van der Waals surface area contributed by atoms with E-state index in [1.807, 2.05) is 0 Å². The highest BCUT2D eigenvalue weighted by molar-refractivity contribution is 5.98. The van der Waals surface area contributed by atoms with Crippen molar-refractivity contribution in [1.82, 2.24) is 4.90 Å². The molecule has 8 heteroatoms. The molecule has 0 spiro atoms. The van der Waals surface area contributed by atoms with Crippen LogP contribution in [0.15, 0.2) is 40.8 Å². The van der Waals surface area contributed by atoms with E-state index in [0.717, 1.165) is 0 Å². The molecule has 3 rings (SSSR count). The molecular formula is C20H18F3NO4. The lowest BCUT2D eigenvalue weighted by Gasteiger charge is -2.18. The number of alkyl halides is 2. The van der Waals surface area contributed by atoms with Crippen molar-refractivity contribution in [1.29, 1.82) is 0 Å². The van der Waals surface area contributed by atoms with E-state index in [4.69, 9.17) is 9.15 Å². The summed E-state index contributed by atoms with van der Waals surface area (Å²) in [7, 11) is 2.89. The number of para-hydroxylation sites is 1. The highest BCUT2D eigenvalue weighted by Crippen LogP contribution is 2.31. The van der Waals surface area contributed by atoms with Gasteiger partial charge < -0.3 is 18.8 Å². The molecule has 2 aromatic carbocycles. The first-order valence-corrected chi connectivity index (χ1v) is 8.36. The summed E-state index contributed by atoms with van der Waals surface area (Å²) in [6.07, 6.45) is 0. The Kier molecular flexibility index (Phi) is 5.48. The lowest BCUT2D eigenvalue weighted by molar-refractivity contribution is -0.0512. The number of furan rings is 1. The molecule has 0 saturated carbocycles. The number of carbonyl (C=O) groups excluding carboxylic acids is 1. The molecule has 1 aromatic heterocycles. The topological polar surface area (TPSA) is 51.9 Å². The maximum atomic E-state index is 13.9. The highest BCUT2D eigenvalue weighted by Gasteiger charge is 2.23. The van der Waals surface area contributed by atoms with Gasteiger partial charge in [-0.2, -0.15) is 8.78 Å². The molecule has 0 unspecified atom stereocenters. The van der Waals surface area contributed by atoms with Crippen molar-refractivity contribution in [3.05, 3.63) is 59.1 Å². The zero-order chi connectivity index (χ0) is 20.4. The Morgan fingerprint density at radius 2 is 1.96 bits per heavy atom. The molecule has 1 heterocycles. The molecule has 0 aliphatic rings. The molecule has 0 saturated heterocycles. The summed E-state index contributed by atoms with van der Waals surface area (Å²) in [5.41, 5.74) is 1.21. The van der Waals surface area contributed by atoms with Crippen molar-refractivity contribution in [2.45, 2.75) is 20.1 Å². The van der Waals surface area contributed by atoms with Crippen LogP contribution in [0.5, 0.6) is 11.5 Å². The summed E-state index contributed by atoms with van der Waals surface area (Å²) < 4.78 is 53.7. The number of benzene rings is 2. The third kappa shape index (κ3) is 3.76. The molecule has 0 atom stereocenters. The van der Waals surface area contributed by atoms with Crippen LogP contribution in [-0.2, 0) is 6.54 Å². The molecule has 0 radical (unpaired) electrons. The number of ether oxygens (including phenoxy) is 2. The van der Waals surface area contributed by atoms with E-state index in [1.165, 1.54) is 30.2 Å². The number of rotatable bonds is 6. The molecule has 0 aliphatic carbocycles. The van der Waals surface area contributed by atoms with E-state index < -0.39 is 18.3 Å². The third-order valence-electron chi connectivity index (χ3n) is 4.32. The third-order valence-corrected chi connectivity index (χ3v) is 4.32. The summed E-state index contributed by atoms with van der Waals surface area (Å²) in [6.45, 7) is -1.13. The van der Waals surface area contributed by atoms with Crippen LogP contribution in [0.25, 0.3) is 11.0 Å². The fourth-order valence-electron chi connectivity index (χ4n) is 2.94. The summed E-state index contributed by atoms with van der Waals surface area (Å²) in [5, 5.41) is 0.534. The van der Waals surface area contributed by atoms with Crippen molar-refractivity contribution < 1.29 is 31.9 Å². The quantitative estimate of drug-likeness (QED) is 0.606. The zero-order valence-corrected chi connectivity index (χ0v) is 15.5. The standard InChI is InChI=1S/C20H18F3NO4/c1-11-13-5-4-6-14(21)18(13)28-17(11)19(25)24(2)10-12-7-8-15(27-20(22)23)16(9-12)26-3/h4-9,20H,10H2,1-3H3. The number of methoxy groups -OCH3 is 1. The SMILES string of the molecule is COc1cc(CN(C)C(=O)c2oc3c(F)cccc3c2C)ccc1OC(F)F. The van der Waals surface area contributed by atoms with Crippen LogP contribution in [0.3, 0.4) is 0 Å². The Bertz CT molecular complexity index is 1020. The van der Waals surface area contributed by atoms with Crippen molar-refractivity contribution in [3.63, 3.8) is 0 Å². The number of amides is 1. The van der Waals surface area contributed by atoms with Gasteiger partial charge in [0.2, 0.25) is 0 Å². The predicted octanol–water partition coefficient (Wildman–Crippen LogP) is 4.76. The number of carbonyl (C=O) groups is 1. The summed E-state index contributed by atoms with van der Waals surface area (Å²) in [4.78, 5) is 14.2. The van der Waals surface area contributed by atoms with Gasteiger partial charge in [-0.05, 0) is 30.7 Å². The molecule has 28 heavy (non-hydrogen) atoms. The molecule has 148 valence electrons. The van der Waals surface area contributed by atoms with Crippen LogP contribution in [0.1, 0.15) is 21.7 Å². The fourth-order valence-corrected chi connectivity index (χ4v) is 2.94. The maximum Gasteiger partial charge on any atom is 0.387 e. The minimum atomic E-state index is -2.97. The Morgan fingerprint density at radius 1 is 1.21 bits per heavy atom. The molecule has 3 aromatic rings. The Morgan fingerprint density at radius 3 is 2.61 bits per heavy atom. The first-order chi connectivity index (χ1) is 13.3. The Labute approximate surface area is 159 Å². The molecule has 0 N–H and O–H groups in total. The van der Waals surface area contributed by atoms with Crippen molar-refractivity contribution >= 4 is 16.9 Å². The van der Waals surface area contributed by atoms with Crippen LogP contribution in [0.2, 0.25) is 0 Å². The van der Waals surface area contributed by atoms with Gasteiger partial charge in [0.05, 0.1) is 7.11 Å². The minimum Gasteiger partial charge on any atom is -0.493 e. The number of halogens is 3. The van der Waals surface area contributed by atoms with E-state index in [2.05, 4.69) is 4.74 Å². The summed E-state index contributed by atoms with van der Waals surface area (Å²) in [6, 6.07) is 8.90. The molecule has 0 bridgehead atoms. The van der Waals surface area contributed by atoms with E-state index in [1.54, 1.807) is 32.2 Å². The van der Waals surface area contributed by atoms with Gasteiger partial charge in [-0.25, -0.2) is 4.39 Å². The number of aryl methyl sites for hydroxylation is 1. The molecule has 0 fully saturated rings. The van der Waals surface area contributed by atoms with E-state index in [0.29, 0.717) is 16.5 Å². The monoisotopic (exact) mass is 393 g/mol. The van der Waals surface area contributed by atoms with Gasteiger partial charge >= 0.3 is 6.61 Å². The fraction of sp³-hybridized carbons (Fsp3) is 0.250. The molecular weight excluding hydrogens is 375 g/mol. The second-order valence-corrected chi connectivity index (χ2v) is 6.20. The van der Waals surface area contributed by atoms with Gasteiger partial charge in [-0.1, -0.05) is 18.2 Å². The van der Waals surface area contributed by atoms with Gasteiger partial charge in [0, 0.05) is 24.5 Å². The molecule has 5 nitrogen and oxygen atoms in total. The van der Waals surface area contributed by atoms with Gasteiger partial charge in [-0.3, -0.25) is 4.79 Å². The molecule has 0 aliphatic heterocycles. The van der Waals surface area contributed by atoms with Crippen LogP contribution < -0.4 is 9.47 Å². The zero-order valence-electron chi connectivity index (χ0n) is 15.5. The second kappa shape index (κ2) is 7.84. The van der Waals surface area contributed by atoms with Crippen molar-refractivity contribution in [2.75, 3.05) is 14.2 Å². The first kappa shape index (κ1) is 19.6. The van der Waals surface area contributed by atoms with Gasteiger partial charge in [-0.15, -0.1) is 0 Å². The van der Waals surface area contributed by atoms with Crippen LogP contribution >= 0.6 is 0 Å². The van der Waals surface area contributed by atoms with Crippen molar-refractivity contribution in [2.24, 2.45) is 0 Å². The van der Waals surface area contributed by atoms with Gasteiger partial charge in [0.25, 0.3) is 5.91 Å². The smallest absolute Gasteiger partial charge is 0.387 e. The Hall–Kier alpha value is -3.16. The van der Waals surface area contributed by atoms with E-state index in [9.17, 15) is 18.0 Å². The summed E-state index contributed by atoms with van der Waals surface area (Å²) >= 11 is 0. The highest BCUT2D eigenvalue weighted by atomic mass is 19.3. The van der Waals surface area contributed by atoms with Crippen LogP contribution in [-0.4, -0.2) is 31.6 Å². The van der Waals surface area contributed by atoms with Gasteiger partial charge in [0.15, 0.2) is 28.7 Å². The first-order valence-electron chi connectivity index (χ1n) is 8.36. The van der Waals surface area contributed by atoms with Gasteiger partial charge in [0.1, 0.15) is 0 Å².